The molecule has 0 aliphatic heterocycles. The van der Waals surface area contributed by atoms with Crippen LogP contribution >= 0.6 is 35.2 Å². The second-order valence-electron chi connectivity index (χ2n) is 13.6. The Morgan fingerprint density at radius 2 is 1.13 bits per heavy atom. The van der Waals surface area contributed by atoms with Crippen LogP contribution in [0.25, 0.3) is 0 Å². The molecule has 1 fully saturated rings. The number of hydrogen-bond acceptors (Lipinski definition) is 16. The van der Waals surface area contributed by atoms with Gasteiger partial charge in [-0.25, -0.2) is 13.7 Å². The van der Waals surface area contributed by atoms with Crippen LogP contribution in [0.1, 0.15) is 127 Å². The zero-order valence-corrected chi connectivity index (χ0v) is 38.3. The van der Waals surface area contributed by atoms with Crippen molar-refractivity contribution in [2.24, 2.45) is 0 Å². The Bertz CT molecular complexity index is 1710. The molecule has 20 nitrogen and oxygen atoms in total. The monoisotopic (exact) mass is 976 g/mol. The summed E-state index contributed by atoms with van der Waals surface area (Å²) < 4.78 is 63.4. The zero-order chi connectivity index (χ0) is 47.0. The molecule has 368 valence electrons. The number of unbranched alkanes of at least 4 members (excludes halogenated alkanes) is 12. The first-order valence-electron chi connectivity index (χ1n) is 19.9. The first kappa shape index (κ1) is 59.9. The van der Waals surface area contributed by atoms with Crippen molar-refractivity contribution in [3.63, 3.8) is 0 Å². The molecule has 24 heteroatoms. The number of aliphatic hydroxyl groups is 4. The van der Waals surface area contributed by atoms with E-state index in [4.69, 9.17) is 49.6 Å². The average Bonchev–Trinajstić information content (AvgIpc) is 3.19. The van der Waals surface area contributed by atoms with Gasteiger partial charge in [-0.3, -0.25) is 27.7 Å². The lowest BCUT2D eigenvalue weighted by Crippen LogP contribution is -2.65. The van der Waals surface area contributed by atoms with Crippen LogP contribution in [0.15, 0.2) is 0 Å². The van der Waals surface area contributed by atoms with Crippen LogP contribution in [0.2, 0.25) is 0 Å². The summed E-state index contributed by atoms with van der Waals surface area (Å²) in [4.78, 5) is 70.0. The van der Waals surface area contributed by atoms with Gasteiger partial charge in [0.05, 0.1) is 13.2 Å². The average molecular weight is 977 g/mol. The second kappa shape index (κ2) is 34.2. The van der Waals surface area contributed by atoms with Crippen molar-refractivity contribution in [1.82, 2.24) is 0 Å². The van der Waals surface area contributed by atoms with Gasteiger partial charge in [0.15, 0.2) is 0 Å². The number of phosphoric acid groups is 3. The summed E-state index contributed by atoms with van der Waals surface area (Å²) >= 11 is 0.974. The summed E-state index contributed by atoms with van der Waals surface area (Å²) in [5, 5.41) is 42.8. The lowest BCUT2D eigenvalue weighted by molar-refractivity contribution is -0.213. The summed E-state index contributed by atoms with van der Waals surface area (Å²) in [6.45, 7) is 2.00. The maximum absolute atomic E-state index is 12.7. The van der Waals surface area contributed by atoms with E-state index in [1.165, 1.54) is 51.4 Å². The molecule has 1 saturated carbocycles. The van der Waals surface area contributed by atoms with Crippen molar-refractivity contribution >= 4 is 46.3 Å². The summed E-state index contributed by atoms with van der Waals surface area (Å²) in [6.07, 6.45) is 4.56. The molecule has 1 aliphatic carbocycles. The number of phosphoric ester groups is 3. The van der Waals surface area contributed by atoms with E-state index >= 15 is 0 Å². The largest absolute Gasteiger partial charge is 0.472 e. The second-order valence-corrected chi connectivity index (χ2v) is 18.3. The van der Waals surface area contributed by atoms with Crippen LogP contribution in [0, 0.1) is 47.2 Å². The maximum atomic E-state index is 12.7. The van der Waals surface area contributed by atoms with E-state index in [1.807, 2.05) is 6.92 Å². The smallest absolute Gasteiger partial charge is 0.457 e. The van der Waals surface area contributed by atoms with Gasteiger partial charge < -0.3 is 54.4 Å². The van der Waals surface area contributed by atoms with Gasteiger partial charge in [0.2, 0.25) is 5.12 Å². The minimum Gasteiger partial charge on any atom is -0.457 e. The number of thioether (sulfide) groups is 1. The third-order valence-corrected chi connectivity index (χ3v) is 11.0. The third kappa shape index (κ3) is 30.9. The fraction of sp³-hybridized carbons (Fsp3) is 0.737. The standard InChI is InChI=1S/C26H53O19P3.C12H8OS.7H2/c1-2-3-4-5-6-7-8-9-10-11-12-13-14-15-20(28)42-19(16-40-18-27)17-41-48(38,39)45-24-21(29)22(30)25(43-46(32,33)34)26(23(24)31)44-47(35,36)37;1-3-5-6-7-8-9-11-14-12(13)10-4-2;;;;;;;/h19,21-27,29-31H,2-18H2,1H3,(H,38,39)(H2,32,33,34)(H2,35,36,37);1H,4,10H2,2H3;7*1H/t19-,21?,22+,23-,24?,25+,26?;;;;;;;;/m1......../s1. The molecule has 9 N–H and O–H groups in total. The summed E-state index contributed by atoms with van der Waals surface area (Å²) in [5.74, 6) is 13.6. The van der Waals surface area contributed by atoms with Gasteiger partial charge in [-0.1, -0.05) is 90.9 Å². The Hall–Kier alpha value is -2.14. The van der Waals surface area contributed by atoms with Crippen LogP contribution in [-0.4, -0.2) is 119 Å². The first-order valence-corrected chi connectivity index (χ1v) is 25.3. The predicted octanol–water partition coefficient (Wildman–Crippen LogP) is 5.27. The van der Waals surface area contributed by atoms with E-state index in [2.05, 4.69) is 56.7 Å². The van der Waals surface area contributed by atoms with E-state index in [1.54, 1.807) is 0 Å². The number of carbonyl (C=O) groups is 2. The summed E-state index contributed by atoms with van der Waals surface area (Å²) in [7, 11) is -16.4. The minimum absolute atomic E-state index is 0. The molecule has 0 heterocycles. The van der Waals surface area contributed by atoms with E-state index in [9.17, 15) is 43.5 Å². The molecule has 1 aliphatic rings. The molecule has 0 saturated heterocycles. The molecule has 0 spiro atoms. The highest BCUT2D eigenvalue weighted by Crippen LogP contribution is 2.51. The van der Waals surface area contributed by atoms with Crippen LogP contribution in [0.4, 0.5) is 0 Å². The lowest BCUT2D eigenvalue weighted by Gasteiger charge is -2.44. The van der Waals surface area contributed by atoms with Crippen molar-refractivity contribution in [2.45, 2.75) is 159 Å². The molecule has 0 radical (unpaired) electrons. The van der Waals surface area contributed by atoms with Gasteiger partial charge in [0.1, 0.15) is 49.5 Å². The van der Waals surface area contributed by atoms with E-state index < -0.39 is 92.2 Å². The van der Waals surface area contributed by atoms with Crippen molar-refractivity contribution in [1.29, 1.82) is 0 Å². The molecule has 62 heavy (non-hydrogen) atoms. The Labute approximate surface area is 378 Å². The summed E-state index contributed by atoms with van der Waals surface area (Å²) in [6, 6.07) is 0. The summed E-state index contributed by atoms with van der Waals surface area (Å²) in [5.41, 5.74) is 0. The molecule has 0 aromatic rings. The van der Waals surface area contributed by atoms with Gasteiger partial charge in [-0.2, -0.15) is 0 Å². The Kier molecular flexibility index (Phi) is 33.1. The van der Waals surface area contributed by atoms with Gasteiger partial charge in [0, 0.05) is 34.6 Å². The predicted molar refractivity (Wildman–Crippen MR) is 240 cm³/mol. The molecule has 1 rings (SSSR count). The van der Waals surface area contributed by atoms with Crippen LogP contribution < -0.4 is 0 Å². The molecule has 4 unspecified atom stereocenters. The Morgan fingerprint density at radius 3 is 1.63 bits per heavy atom. The number of rotatable bonds is 29. The Morgan fingerprint density at radius 1 is 0.645 bits per heavy atom. The number of aliphatic hydroxyl groups excluding tert-OH is 4. The van der Waals surface area contributed by atoms with Crippen LogP contribution in [0.3, 0.4) is 0 Å². The van der Waals surface area contributed by atoms with Crippen molar-refractivity contribution < 1.29 is 106 Å². The molecule has 0 bridgehead atoms. The van der Waals surface area contributed by atoms with E-state index in [-0.39, 0.29) is 21.5 Å². The van der Waals surface area contributed by atoms with Crippen molar-refractivity contribution in [3.8, 4) is 47.2 Å². The highest BCUT2D eigenvalue weighted by molar-refractivity contribution is 8.17. The normalized spacial score (nSPS) is 21.1. The fourth-order valence-corrected chi connectivity index (χ4v) is 8.16. The van der Waals surface area contributed by atoms with Gasteiger partial charge in [-0.05, 0) is 53.6 Å². The number of esters is 1. The molecule has 0 aromatic carbocycles. The highest BCUT2D eigenvalue weighted by atomic mass is 32.2. The molecule has 8 atom stereocenters. The van der Waals surface area contributed by atoms with Crippen molar-refractivity contribution in [2.75, 3.05) is 20.0 Å². The SMILES string of the molecule is C#CC#CC#CC#CSC(=O)CCC.CCCCCCCCCCCCCCCC(=O)O[C@H](COCO)COP(=O)(O)OC1C(O)[C@H](O)[C@H](OP(=O)(O)O)C(OP(=O)(O)O)[C@@H]1O.[HH].[HH].[HH].[HH].[HH].[HH].[HH]. The topological polar surface area (TPSA) is 323 Å². The molecule has 0 amide bonds. The fourth-order valence-electron chi connectivity index (χ4n) is 5.54. The zero-order valence-electron chi connectivity index (χ0n) is 34.8. The minimum atomic E-state index is -5.56. The van der Waals surface area contributed by atoms with E-state index in [0.29, 0.717) is 12.8 Å². The maximum Gasteiger partial charge on any atom is 0.472 e. The quantitative estimate of drug-likeness (QED) is 0.0152. The van der Waals surface area contributed by atoms with Crippen LogP contribution in [-0.2, 0) is 50.9 Å². The first-order chi connectivity index (χ1) is 29.2. The van der Waals surface area contributed by atoms with Gasteiger partial charge in [-0.15, -0.1) is 6.42 Å². The van der Waals surface area contributed by atoms with Crippen LogP contribution in [0.5, 0.6) is 0 Å². The number of terminal acetylenes is 1. The lowest BCUT2D eigenvalue weighted by atomic mass is 9.85. The highest BCUT2D eigenvalue weighted by Gasteiger charge is 2.56. The number of hydrogen-bond donors (Lipinski definition) is 9. The number of ether oxygens (including phenoxy) is 2. The molecular weight excluding hydrogens is 901 g/mol. The van der Waals surface area contributed by atoms with Gasteiger partial charge >= 0.3 is 29.4 Å². The Balaban J connectivity index is -0.000000256. The molecular formula is C38H75O20P3S. The van der Waals surface area contributed by atoms with Crippen molar-refractivity contribution in [3.05, 3.63) is 0 Å². The molecule has 0 aromatic heterocycles. The third-order valence-electron chi connectivity index (χ3n) is 8.39. The van der Waals surface area contributed by atoms with E-state index in [0.717, 1.165) is 43.9 Å². The number of carbonyl (C=O) groups excluding carboxylic acids is 2. The van der Waals surface area contributed by atoms with Gasteiger partial charge in [0.25, 0.3) is 0 Å².